The molecule has 4 heterocycles. The number of nitrogens with zero attached hydrogens (tertiary/aromatic N) is 7. The number of aliphatic carboxylic acids is 1. The third-order valence-electron chi connectivity index (χ3n) is 5.03. The molecule has 4 atom stereocenters. The first kappa shape index (κ1) is 21.3. The number of thioether (sulfide) groups is 1. The Labute approximate surface area is 185 Å². The fraction of sp³-hybridized carbons (Fsp3) is 0.500. The molecule has 0 bridgehead atoms. The summed E-state index contributed by atoms with van der Waals surface area (Å²) in [6.07, 6.45) is 0. The van der Waals surface area contributed by atoms with Crippen molar-refractivity contribution in [3.05, 3.63) is 28.8 Å². The van der Waals surface area contributed by atoms with Crippen LogP contribution in [0.3, 0.4) is 0 Å². The number of tetrazole rings is 1. The molecule has 13 nitrogen and oxygen atoms in total. The molecule has 164 valence electrons. The number of carboxylic acids is 1. The minimum Gasteiger partial charge on any atom is -0.477 e. The first-order valence-corrected chi connectivity index (χ1v) is 10.7. The number of carbonyl (C=O) groups excluding carboxylic acids is 2. The van der Waals surface area contributed by atoms with Crippen molar-refractivity contribution in [2.75, 3.05) is 5.75 Å². The normalized spacial score (nSPS) is 22.6. The second kappa shape index (κ2) is 7.96. The van der Waals surface area contributed by atoms with E-state index in [1.165, 1.54) is 21.3 Å². The fourth-order valence-corrected chi connectivity index (χ4v) is 5.30. The average molecular weight is 467 g/mol. The lowest BCUT2D eigenvalue weighted by Gasteiger charge is -2.50. The van der Waals surface area contributed by atoms with Crippen molar-refractivity contribution in [2.24, 2.45) is 7.05 Å². The number of hydrogen-bond acceptors (Lipinski definition) is 11. The molecule has 4 rings (SSSR count). The van der Waals surface area contributed by atoms with Crippen LogP contribution in [0, 0.1) is 6.92 Å². The smallest absolute Gasteiger partial charge is 0.352 e. The van der Waals surface area contributed by atoms with Crippen molar-refractivity contribution < 1.29 is 24.0 Å². The quantitative estimate of drug-likeness (QED) is 0.367. The minimum atomic E-state index is -1.26. The molecule has 1 fully saturated rings. The van der Waals surface area contributed by atoms with Gasteiger partial charge < -0.3 is 14.9 Å². The van der Waals surface area contributed by atoms with Crippen LogP contribution in [0.15, 0.2) is 15.8 Å². The number of rotatable bonds is 6. The van der Waals surface area contributed by atoms with Crippen LogP contribution in [0.4, 0.5) is 0 Å². The van der Waals surface area contributed by atoms with Gasteiger partial charge in [0.1, 0.15) is 23.0 Å². The van der Waals surface area contributed by atoms with Gasteiger partial charge in [-0.25, -0.2) is 9.48 Å². The Balaban J connectivity index is 1.54. The number of amides is 2. The molecule has 15 heteroatoms. The van der Waals surface area contributed by atoms with Gasteiger partial charge in [-0.3, -0.25) is 14.5 Å². The highest BCUT2D eigenvalue weighted by atomic mass is 32.2. The van der Waals surface area contributed by atoms with Crippen molar-refractivity contribution in [1.29, 1.82) is 0 Å². The third kappa shape index (κ3) is 3.56. The largest absolute Gasteiger partial charge is 0.477 e. The Morgan fingerprint density at radius 1 is 1.42 bits per heavy atom. The van der Waals surface area contributed by atoms with E-state index in [9.17, 15) is 19.5 Å². The van der Waals surface area contributed by atoms with Gasteiger partial charge in [0.2, 0.25) is 11.8 Å². The Bertz CT molecular complexity index is 1100. The van der Waals surface area contributed by atoms with Crippen LogP contribution in [-0.2, 0) is 21.4 Å². The first-order chi connectivity index (χ1) is 14.7. The molecular weight excluding hydrogens is 448 g/mol. The monoisotopic (exact) mass is 466 g/mol. The Morgan fingerprint density at radius 2 is 2.16 bits per heavy atom. The lowest BCUT2D eigenvalue weighted by molar-refractivity contribution is -0.150. The zero-order valence-electron chi connectivity index (χ0n) is 16.6. The van der Waals surface area contributed by atoms with E-state index in [0.29, 0.717) is 17.2 Å². The molecule has 2 aliphatic heterocycles. The van der Waals surface area contributed by atoms with Crippen molar-refractivity contribution >= 4 is 42.2 Å². The zero-order valence-corrected chi connectivity index (χ0v) is 18.3. The van der Waals surface area contributed by atoms with Gasteiger partial charge in [0.05, 0.1) is 5.25 Å². The zero-order chi connectivity index (χ0) is 22.4. The number of β-lactam (4-membered cyclic amide) rings is 1. The number of aromatic nitrogens is 6. The molecule has 2 amide bonds. The van der Waals surface area contributed by atoms with E-state index in [1.54, 1.807) is 20.9 Å². The SMILES string of the molecule is Cc1noc(C(C)C(=O)NC2C(=O)N3C(C(=O)O)=C(C(S)c4nnnn4C)CS[C@H]23)n1. The van der Waals surface area contributed by atoms with Crippen molar-refractivity contribution in [1.82, 2.24) is 40.6 Å². The van der Waals surface area contributed by atoms with E-state index in [2.05, 4.69) is 43.6 Å². The highest BCUT2D eigenvalue weighted by Gasteiger charge is 2.55. The van der Waals surface area contributed by atoms with Gasteiger partial charge in [0.25, 0.3) is 5.91 Å². The average Bonchev–Trinajstić information content (AvgIpc) is 3.37. The molecule has 0 radical (unpaired) electrons. The van der Waals surface area contributed by atoms with E-state index in [4.69, 9.17) is 4.52 Å². The topological polar surface area (TPSA) is 169 Å². The van der Waals surface area contributed by atoms with Gasteiger partial charge in [-0.1, -0.05) is 5.16 Å². The van der Waals surface area contributed by atoms with Crippen molar-refractivity contribution in [3.63, 3.8) is 0 Å². The summed E-state index contributed by atoms with van der Waals surface area (Å²) < 4.78 is 6.40. The lowest BCUT2D eigenvalue weighted by Crippen LogP contribution is -2.70. The van der Waals surface area contributed by atoms with Gasteiger partial charge in [-0.15, -0.1) is 16.9 Å². The maximum absolute atomic E-state index is 12.8. The molecule has 1 saturated heterocycles. The van der Waals surface area contributed by atoms with E-state index >= 15 is 0 Å². The summed E-state index contributed by atoms with van der Waals surface area (Å²) in [5.74, 6) is -1.84. The predicted octanol–water partition coefficient (Wildman–Crippen LogP) is -0.585. The van der Waals surface area contributed by atoms with Gasteiger partial charge in [-0.2, -0.15) is 17.6 Å². The summed E-state index contributed by atoms with van der Waals surface area (Å²) in [4.78, 5) is 42.6. The summed E-state index contributed by atoms with van der Waals surface area (Å²) in [7, 11) is 1.62. The fourth-order valence-electron chi connectivity index (χ4n) is 3.36. The molecular formula is C16H18N8O5S2. The molecule has 0 saturated carbocycles. The predicted molar refractivity (Wildman–Crippen MR) is 108 cm³/mol. The van der Waals surface area contributed by atoms with E-state index < -0.39 is 40.4 Å². The van der Waals surface area contributed by atoms with E-state index in [-0.39, 0.29) is 17.3 Å². The van der Waals surface area contributed by atoms with Crippen LogP contribution in [0.5, 0.6) is 0 Å². The number of thiol groups is 1. The number of carboxylic acid groups (broad SMARTS) is 1. The Kier molecular flexibility index (Phi) is 5.47. The van der Waals surface area contributed by atoms with Gasteiger partial charge >= 0.3 is 5.97 Å². The Hall–Kier alpha value is -2.94. The second-order valence-corrected chi connectivity index (χ2v) is 8.66. The number of fused-ring (bicyclic) bond motifs is 1. The highest BCUT2D eigenvalue weighted by molar-refractivity contribution is 8.00. The molecule has 31 heavy (non-hydrogen) atoms. The Morgan fingerprint density at radius 3 is 2.74 bits per heavy atom. The summed E-state index contributed by atoms with van der Waals surface area (Å²) in [6.45, 7) is 3.21. The van der Waals surface area contributed by atoms with Crippen molar-refractivity contribution in [3.8, 4) is 0 Å². The minimum absolute atomic E-state index is 0.138. The van der Waals surface area contributed by atoms with Crippen LogP contribution >= 0.6 is 24.4 Å². The van der Waals surface area contributed by atoms with Gasteiger partial charge in [0.15, 0.2) is 11.6 Å². The molecule has 0 aromatic carbocycles. The van der Waals surface area contributed by atoms with Crippen LogP contribution < -0.4 is 5.32 Å². The molecule has 2 aromatic rings. The van der Waals surface area contributed by atoms with Gasteiger partial charge in [-0.05, 0) is 29.8 Å². The molecule has 3 unspecified atom stereocenters. The molecule has 2 aromatic heterocycles. The maximum Gasteiger partial charge on any atom is 0.352 e. The van der Waals surface area contributed by atoms with E-state index in [0.717, 1.165) is 0 Å². The molecule has 0 aliphatic carbocycles. The standard InChI is InChI=1S/C16H18N8O5S2/c1-5(13-17-6(2)20-29-13)12(25)18-8-14(26)24-9(16(27)28)7(4-31-15(8)24)10(30)11-19-21-22-23(11)3/h5,8,10,15,30H,4H2,1-3H3,(H,18,25)(H,27,28)/t5?,8?,10?,15-/m1/s1. The number of carbonyl (C=O) groups is 3. The summed E-state index contributed by atoms with van der Waals surface area (Å²) in [6, 6.07) is -0.866. The van der Waals surface area contributed by atoms with E-state index in [1.807, 2.05) is 0 Å². The summed E-state index contributed by atoms with van der Waals surface area (Å²) in [5.41, 5.74) is 0.241. The molecule has 2 aliphatic rings. The van der Waals surface area contributed by atoms with Crippen LogP contribution in [0.25, 0.3) is 0 Å². The molecule has 0 spiro atoms. The van der Waals surface area contributed by atoms with Crippen molar-refractivity contribution in [2.45, 2.75) is 36.4 Å². The number of aryl methyl sites for hydroxylation is 2. The number of hydrogen-bond donors (Lipinski definition) is 3. The van der Waals surface area contributed by atoms with Crippen LogP contribution in [-0.4, -0.2) is 75.3 Å². The lowest BCUT2D eigenvalue weighted by atomic mass is 10.00. The summed E-state index contributed by atoms with van der Waals surface area (Å²) >= 11 is 5.82. The van der Waals surface area contributed by atoms with Gasteiger partial charge in [0, 0.05) is 12.8 Å². The first-order valence-electron chi connectivity index (χ1n) is 9.12. The maximum atomic E-state index is 12.8. The second-order valence-electron chi connectivity index (χ2n) is 7.04. The molecule has 2 N–H and O–H groups in total. The van der Waals surface area contributed by atoms with Crippen LogP contribution in [0.1, 0.15) is 35.6 Å². The number of nitrogens with one attached hydrogen (secondary N) is 1. The third-order valence-corrected chi connectivity index (χ3v) is 6.88. The highest BCUT2D eigenvalue weighted by Crippen LogP contribution is 2.44. The van der Waals surface area contributed by atoms with Crippen LogP contribution in [0.2, 0.25) is 0 Å². The summed E-state index contributed by atoms with van der Waals surface area (Å²) in [5, 5.41) is 26.0.